The molecule has 244 valence electrons. The second kappa shape index (κ2) is 14.1. The zero-order chi connectivity index (χ0) is 33.6. The molecule has 0 amide bonds. The number of aryl methyl sites for hydroxylation is 2. The quantitative estimate of drug-likeness (QED) is 0.122. The van der Waals surface area contributed by atoms with Crippen LogP contribution in [0.5, 0.6) is 11.5 Å². The second-order valence-electron chi connectivity index (χ2n) is 10.7. The highest BCUT2D eigenvalue weighted by Crippen LogP contribution is 2.38. The van der Waals surface area contributed by atoms with Crippen LogP contribution in [0.4, 0.5) is 32.3 Å². The Kier molecular flexibility index (Phi) is 10.4. The molecule has 0 bridgehead atoms. The van der Waals surface area contributed by atoms with Crippen molar-refractivity contribution in [1.82, 2.24) is 9.97 Å². The van der Waals surface area contributed by atoms with Crippen molar-refractivity contribution in [2.24, 2.45) is 0 Å². The van der Waals surface area contributed by atoms with Crippen molar-refractivity contribution in [3.8, 4) is 22.6 Å². The molecule has 0 saturated carbocycles. The van der Waals surface area contributed by atoms with Gasteiger partial charge in [-0.2, -0.15) is 26.3 Å². The second-order valence-corrected chi connectivity index (χ2v) is 10.7. The van der Waals surface area contributed by atoms with Gasteiger partial charge in [-0.1, -0.05) is 35.4 Å². The van der Waals surface area contributed by atoms with E-state index in [4.69, 9.17) is 14.6 Å². The Morgan fingerprint density at radius 3 is 2.02 bits per heavy atom. The van der Waals surface area contributed by atoms with E-state index in [-0.39, 0.29) is 49.3 Å². The number of aliphatic carboxylic acids is 1. The normalized spacial score (nSPS) is 11.8. The van der Waals surface area contributed by atoms with Gasteiger partial charge in [-0.05, 0) is 67.3 Å². The van der Waals surface area contributed by atoms with Crippen molar-refractivity contribution in [3.05, 3.63) is 100 Å². The lowest BCUT2D eigenvalue weighted by molar-refractivity contribution is -0.143. The van der Waals surface area contributed by atoms with Crippen LogP contribution in [-0.4, -0.2) is 34.8 Å². The number of hydrogen-bond acceptors (Lipinski definition) is 6. The number of methoxy groups -OCH3 is 1. The molecule has 1 N–H and O–H groups in total. The SMILES string of the molecule is COc1ccc(C)cc1-c1ccc(C)cc1CN(Cc1cc(C(F)(F)F)cc(C(F)(F)F)c1)c1ncc(OCCCC(=O)O)cn1. The first-order valence-corrected chi connectivity index (χ1v) is 14.1. The van der Waals surface area contributed by atoms with Crippen LogP contribution < -0.4 is 14.4 Å². The summed E-state index contributed by atoms with van der Waals surface area (Å²) in [7, 11) is 1.53. The summed E-state index contributed by atoms with van der Waals surface area (Å²) in [6.45, 7) is 3.46. The van der Waals surface area contributed by atoms with E-state index in [2.05, 4.69) is 9.97 Å². The van der Waals surface area contributed by atoms with Crippen LogP contribution in [0.1, 0.15) is 46.2 Å². The molecule has 46 heavy (non-hydrogen) atoms. The fourth-order valence-electron chi connectivity index (χ4n) is 4.84. The maximum Gasteiger partial charge on any atom is 0.416 e. The molecule has 1 aromatic heterocycles. The van der Waals surface area contributed by atoms with Crippen molar-refractivity contribution in [2.75, 3.05) is 18.6 Å². The van der Waals surface area contributed by atoms with Gasteiger partial charge < -0.3 is 19.5 Å². The molecule has 0 aliphatic rings. The minimum absolute atomic E-state index is 0.00449. The van der Waals surface area contributed by atoms with Crippen molar-refractivity contribution in [2.45, 2.75) is 52.1 Å². The number of hydrogen-bond donors (Lipinski definition) is 1. The fraction of sp³-hybridized carbons (Fsp3) is 0.303. The number of halogens is 6. The van der Waals surface area contributed by atoms with Gasteiger partial charge in [-0.25, -0.2) is 9.97 Å². The molecule has 0 atom stereocenters. The number of benzene rings is 3. The van der Waals surface area contributed by atoms with E-state index in [1.165, 1.54) is 24.4 Å². The van der Waals surface area contributed by atoms with Gasteiger partial charge in [0, 0.05) is 25.1 Å². The van der Waals surface area contributed by atoms with Crippen molar-refractivity contribution >= 4 is 11.9 Å². The van der Waals surface area contributed by atoms with Gasteiger partial charge in [-0.15, -0.1) is 0 Å². The van der Waals surface area contributed by atoms with Crippen LogP contribution in [-0.2, 0) is 30.2 Å². The monoisotopic (exact) mass is 647 g/mol. The average Bonchev–Trinajstić information content (AvgIpc) is 2.98. The summed E-state index contributed by atoms with van der Waals surface area (Å²) in [6.07, 6.45) is -7.27. The lowest BCUT2D eigenvalue weighted by atomic mass is 9.95. The van der Waals surface area contributed by atoms with Crippen molar-refractivity contribution in [3.63, 3.8) is 0 Å². The minimum Gasteiger partial charge on any atom is -0.496 e. The summed E-state index contributed by atoms with van der Waals surface area (Å²) in [5.41, 5.74) is 0.913. The van der Waals surface area contributed by atoms with E-state index in [9.17, 15) is 31.1 Å². The molecule has 0 spiro atoms. The molecule has 0 radical (unpaired) electrons. The predicted molar refractivity (Wildman–Crippen MR) is 159 cm³/mol. The van der Waals surface area contributed by atoms with Crippen LogP contribution in [0.2, 0.25) is 0 Å². The van der Waals surface area contributed by atoms with Gasteiger partial charge >= 0.3 is 18.3 Å². The summed E-state index contributed by atoms with van der Waals surface area (Å²) in [6, 6.07) is 12.7. The van der Waals surface area contributed by atoms with Crippen LogP contribution in [0.15, 0.2) is 67.0 Å². The van der Waals surface area contributed by atoms with E-state index in [0.29, 0.717) is 23.4 Å². The first-order valence-electron chi connectivity index (χ1n) is 14.1. The zero-order valence-electron chi connectivity index (χ0n) is 25.2. The average molecular weight is 648 g/mol. The molecule has 1 heterocycles. The number of ether oxygens (including phenoxy) is 2. The van der Waals surface area contributed by atoms with E-state index < -0.39 is 36.0 Å². The highest BCUT2D eigenvalue weighted by atomic mass is 19.4. The van der Waals surface area contributed by atoms with E-state index in [1.807, 2.05) is 50.2 Å². The molecule has 0 saturated heterocycles. The van der Waals surface area contributed by atoms with Crippen molar-refractivity contribution < 1.29 is 45.7 Å². The van der Waals surface area contributed by atoms with Crippen LogP contribution >= 0.6 is 0 Å². The zero-order valence-corrected chi connectivity index (χ0v) is 25.2. The number of anilines is 1. The number of rotatable bonds is 12. The molecule has 7 nitrogen and oxygen atoms in total. The maximum absolute atomic E-state index is 13.7. The Labute approximate surface area is 261 Å². The Balaban J connectivity index is 1.78. The smallest absolute Gasteiger partial charge is 0.416 e. The fourth-order valence-corrected chi connectivity index (χ4v) is 4.84. The molecule has 4 aromatic rings. The summed E-state index contributed by atoms with van der Waals surface area (Å²) >= 11 is 0. The minimum atomic E-state index is -5.01. The topological polar surface area (TPSA) is 84.8 Å². The molecule has 13 heteroatoms. The summed E-state index contributed by atoms with van der Waals surface area (Å²) in [5.74, 6) is -0.163. The van der Waals surface area contributed by atoms with Crippen LogP contribution in [0, 0.1) is 13.8 Å². The highest BCUT2D eigenvalue weighted by molar-refractivity contribution is 5.75. The van der Waals surface area contributed by atoms with Crippen LogP contribution in [0.3, 0.4) is 0 Å². The molecular formula is C33H31F6N3O4. The number of alkyl halides is 6. The van der Waals surface area contributed by atoms with E-state index in [1.54, 1.807) is 0 Å². The number of aromatic nitrogens is 2. The number of nitrogens with zero attached hydrogens (tertiary/aromatic N) is 3. The standard InChI is InChI=1S/C33H31F6N3O4/c1-20-6-8-27(28-12-21(2)7-9-29(28)45-3)23(11-20)19-42(31-40-16-26(17-41-31)46-10-4-5-30(43)44)18-22-13-24(32(34,35)36)15-25(14-22)33(37,38)39/h6-9,11-17H,4-5,10,18-19H2,1-3H3,(H,43,44). The van der Waals surface area contributed by atoms with E-state index in [0.717, 1.165) is 22.3 Å². The van der Waals surface area contributed by atoms with Crippen molar-refractivity contribution in [1.29, 1.82) is 0 Å². The highest BCUT2D eigenvalue weighted by Gasteiger charge is 2.37. The summed E-state index contributed by atoms with van der Waals surface area (Å²) in [5, 5.41) is 8.81. The van der Waals surface area contributed by atoms with Gasteiger partial charge in [0.05, 0.1) is 37.2 Å². The number of carboxylic acid groups (broad SMARTS) is 1. The largest absolute Gasteiger partial charge is 0.496 e. The third-order valence-electron chi connectivity index (χ3n) is 6.99. The van der Waals surface area contributed by atoms with Gasteiger partial charge in [-0.3, -0.25) is 4.79 Å². The summed E-state index contributed by atoms with van der Waals surface area (Å²) in [4.78, 5) is 20.8. The predicted octanol–water partition coefficient (Wildman–Crippen LogP) is 8.26. The third-order valence-corrected chi connectivity index (χ3v) is 6.99. The Bertz CT molecular complexity index is 1640. The van der Waals surface area contributed by atoms with Crippen LogP contribution in [0.25, 0.3) is 11.1 Å². The Hall–Kier alpha value is -4.81. The summed E-state index contributed by atoms with van der Waals surface area (Å²) < 4.78 is 93.2. The number of carbonyl (C=O) groups is 1. The molecular weight excluding hydrogens is 616 g/mol. The Morgan fingerprint density at radius 1 is 0.826 bits per heavy atom. The van der Waals surface area contributed by atoms with E-state index >= 15 is 0 Å². The molecule has 4 rings (SSSR count). The lowest BCUT2D eigenvalue weighted by Gasteiger charge is -2.26. The first kappa shape index (κ1) is 34.1. The number of carboxylic acids is 1. The molecule has 0 fully saturated rings. The van der Waals surface area contributed by atoms with Gasteiger partial charge in [0.15, 0.2) is 5.75 Å². The van der Waals surface area contributed by atoms with Gasteiger partial charge in [0.25, 0.3) is 0 Å². The molecule has 3 aromatic carbocycles. The Morgan fingerprint density at radius 2 is 1.43 bits per heavy atom. The molecule has 0 aliphatic carbocycles. The molecule has 0 aliphatic heterocycles. The third kappa shape index (κ3) is 8.89. The first-order chi connectivity index (χ1) is 21.6. The van der Waals surface area contributed by atoms with Gasteiger partial charge in [0.1, 0.15) is 5.75 Å². The lowest BCUT2D eigenvalue weighted by Crippen LogP contribution is -2.25. The van der Waals surface area contributed by atoms with Gasteiger partial charge in [0.2, 0.25) is 5.95 Å². The molecule has 0 unspecified atom stereocenters. The maximum atomic E-state index is 13.7.